The van der Waals surface area contributed by atoms with Gasteiger partial charge in [0.15, 0.2) is 0 Å². The van der Waals surface area contributed by atoms with Crippen LogP contribution in [0.4, 0.5) is 0 Å². The second kappa shape index (κ2) is 13.3. The van der Waals surface area contributed by atoms with Gasteiger partial charge in [-0.3, -0.25) is 9.59 Å². The summed E-state index contributed by atoms with van der Waals surface area (Å²) < 4.78 is 0. The summed E-state index contributed by atoms with van der Waals surface area (Å²) in [5, 5.41) is 3.87. The standard InChI is InChI=1S/C29H32Cl2N2O2/c1-3-17-32-29(35)27(19-23-7-5-4-6-8-23)33(20-24-13-15-25(30)26(31)18-24)28(34)16-14-22-11-9-21(2)10-12-22/h4-13,15,18,27H,3,14,16-17,19-20H2,1-2H3,(H,32,35). The molecule has 0 fully saturated rings. The molecule has 3 aromatic rings. The maximum Gasteiger partial charge on any atom is 0.243 e. The number of halogens is 2. The van der Waals surface area contributed by atoms with Crippen LogP contribution in [0.15, 0.2) is 72.8 Å². The highest BCUT2D eigenvalue weighted by Gasteiger charge is 2.30. The van der Waals surface area contributed by atoms with Gasteiger partial charge >= 0.3 is 0 Å². The molecule has 0 spiro atoms. The summed E-state index contributed by atoms with van der Waals surface area (Å²) in [5.74, 6) is -0.233. The van der Waals surface area contributed by atoms with E-state index in [0.717, 1.165) is 23.1 Å². The summed E-state index contributed by atoms with van der Waals surface area (Å²) in [6.07, 6.45) is 2.15. The Kier molecular flexibility index (Phi) is 10.2. The Morgan fingerprint density at radius 1 is 0.886 bits per heavy atom. The van der Waals surface area contributed by atoms with Gasteiger partial charge in [0.25, 0.3) is 0 Å². The average Bonchev–Trinajstić information content (AvgIpc) is 2.86. The van der Waals surface area contributed by atoms with Gasteiger partial charge < -0.3 is 10.2 Å². The van der Waals surface area contributed by atoms with Gasteiger partial charge in [0.2, 0.25) is 11.8 Å². The molecule has 3 aromatic carbocycles. The number of nitrogens with one attached hydrogen (secondary N) is 1. The molecule has 0 heterocycles. The molecule has 0 aliphatic rings. The molecule has 2 amide bonds. The van der Waals surface area contributed by atoms with Crippen molar-refractivity contribution < 1.29 is 9.59 Å². The minimum Gasteiger partial charge on any atom is -0.354 e. The van der Waals surface area contributed by atoms with Crippen LogP contribution < -0.4 is 5.32 Å². The van der Waals surface area contributed by atoms with Gasteiger partial charge in [0.05, 0.1) is 10.0 Å². The maximum atomic E-state index is 13.6. The minimum absolute atomic E-state index is 0.0794. The summed E-state index contributed by atoms with van der Waals surface area (Å²) in [4.78, 5) is 28.6. The molecule has 1 N–H and O–H groups in total. The number of hydrogen-bond acceptors (Lipinski definition) is 2. The summed E-state index contributed by atoms with van der Waals surface area (Å²) in [6.45, 7) is 4.87. The molecule has 0 bridgehead atoms. The number of nitrogens with zero attached hydrogens (tertiary/aromatic N) is 1. The molecule has 0 radical (unpaired) electrons. The van der Waals surface area contributed by atoms with Crippen molar-refractivity contribution in [1.29, 1.82) is 0 Å². The van der Waals surface area contributed by atoms with Gasteiger partial charge in [0, 0.05) is 25.9 Å². The van der Waals surface area contributed by atoms with Crippen LogP contribution in [0.3, 0.4) is 0 Å². The van der Waals surface area contributed by atoms with Crippen LogP contribution in [0.25, 0.3) is 0 Å². The topological polar surface area (TPSA) is 49.4 Å². The fourth-order valence-corrected chi connectivity index (χ4v) is 4.22. The van der Waals surface area contributed by atoms with Crippen molar-refractivity contribution in [3.05, 3.63) is 105 Å². The molecule has 0 aliphatic heterocycles. The second-order valence-corrected chi connectivity index (χ2v) is 9.57. The summed E-state index contributed by atoms with van der Waals surface area (Å²) >= 11 is 12.4. The smallest absolute Gasteiger partial charge is 0.243 e. The highest BCUT2D eigenvalue weighted by molar-refractivity contribution is 6.42. The highest BCUT2D eigenvalue weighted by Crippen LogP contribution is 2.24. The SMILES string of the molecule is CCCNC(=O)C(Cc1ccccc1)N(Cc1ccc(Cl)c(Cl)c1)C(=O)CCc1ccc(C)cc1. The molecule has 184 valence electrons. The van der Waals surface area contributed by atoms with Crippen molar-refractivity contribution in [2.75, 3.05) is 6.54 Å². The molecule has 0 saturated carbocycles. The summed E-state index contributed by atoms with van der Waals surface area (Å²) in [7, 11) is 0. The third kappa shape index (κ3) is 8.12. The third-order valence-electron chi connectivity index (χ3n) is 5.91. The monoisotopic (exact) mass is 510 g/mol. The maximum absolute atomic E-state index is 13.6. The van der Waals surface area contributed by atoms with Crippen LogP contribution >= 0.6 is 23.2 Å². The summed E-state index contributed by atoms with van der Waals surface area (Å²) in [5.41, 5.74) is 4.09. The normalized spacial score (nSPS) is 11.7. The summed E-state index contributed by atoms with van der Waals surface area (Å²) in [6, 6.07) is 22.6. The predicted molar refractivity (Wildman–Crippen MR) is 144 cm³/mol. The zero-order valence-electron chi connectivity index (χ0n) is 20.3. The Morgan fingerprint density at radius 3 is 2.23 bits per heavy atom. The third-order valence-corrected chi connectivity index (χ3v) is 6.64. The molecule has 1 atom stereocenters. The van der Waals surface area contributed by atoms with Crippen molar-refractivity contribution in [2.45, 2.75) is 52.1 Å². The Labute approximate surface area is 218 Å². The highest BCUT2D eigenvalue weighted by atomic mass is 35.5. The lowest BCUT2D eigenvalue weighted by Crippen LogP contribution is -2.50. The molecule has 35 heavy (non-hydrogen) atoms. The zero-order valence-corrected chi connectivity index (χ0v) is 21.8. The number of rotatable bonds is 11. The minimum atomic E-state index is -0.649. The van der Waals surface area contributed by atoms with Gasteiger partial charge in [-0.25, -0.2) is 0 Å². The van der Waals surface area contributed by atoms with E-state index < -0.39 is 6.04 Å². The Bertz CT molecular complexity index is 1120. The zero-order chi connectivity index (χ0) is 25.2. The molecule has 0 saturated heterocycles. The van der Waals surface area contributed by atoms with E-state index in [4.69, 9.17) is 23.2 Å². The lowest BCUT2D eigenvalue weighted by molar-refractivity contribution is -0.141. The Hall–Kier alpha value is -2.82. The second-order valence-electron chi connectivity index (χ2n) is 8.75. The first-order chi connectivity index (χ1) is 16.9. The molecule has 0 aromatic heterocycles. The van der Waals surface area contributed by atoms with Crippen molar-refractivity contribution in [3.8, 4) is 0 Å². The van der Waals surface area contributed by atoms with E-state index in [9.17, 15) is 9.59 Å². The Balaban J connectivity index is 1.90. The van der Waals surface area contributed by atoms with E-state index in [1.54, 1.807) is 17.0 Å². The van der Waals surface area contributed by atoms with E-state index in [1.165, 1.54) is 5.56 Å². The van der Waals surface area contributed by atoms with Gasteiger partial charge in [-0.15, -0.1) is 0 Å². The van der Waals surface area contributed by atoms with E-state index >= 15 is 0 Å². The van der Waals surface area contributed by atoms with Gasteiger partial charge in [-0.05, 0) is 48.6 Å². The fourth-order valence-electron chi connectivity index (χ4n) is 3.90. The number of benzene rings is 3. The first kappa shape index (κ1) is 26.8. The molecule has 6 heteroatoms. The molecule has 3 rings (SSSR count). The van der Waals surface area contributed by atoms with Crippen LogP contribution in [-0.2, 0) is 29.0 Å². The molecule has 4 nitrogen and oxygen atoms in total. The van der Waals surface area contributed by atoms with Crippen molar-refractivity contribution in [3.63, 3.8) is 0 Å². The molecular formula is C29H32Cl2N2O2. The van der Waals surface area contributed by atoms with E-state index in [-0.39, 0.29) is 18.4 Å². The molecule has 1 unspecified atom stereocenters. The number of amides is 2. The largest absolute Gasteiger partial charge is 0.354 e. The first-order valence-corrected chi connectivity index (χ1v) is 12.7. The number of carbonyl (C=O) groups is 2. The average molecular weight is 511 g/mol. The van der Waals surface area contributed by atoms with Crippen molar-refractivity contribution >= 4 is 35.0 Å². The molecule has 0 aliphatic carbocycles. The van der Waals surface area contributed by atoms with Gasteiger partial charge in [0.1, 0.15) is 6.04 Å². The van der Waals surface area contributed by atoms with Crippen LogP contribution in [0.2, 0.25) is 10.0 Å². The number of hydrogen-bond donors (Lipinski definition) is 1. The van der Waals surface area contributed by atoms with E-state index in [2.05, 4.69) is 5.32 Å². The van der Waals surface area contributed by atoms with E-state index in [1.807, 2.05) is 74.5 Å². The van der Waals surface area contributed by atoms with Crippen LogP contribution in [0, 0.1) is 6.92 Å². The Morgan fingerprint density at radius 2 is 1.57 bits per heavy atom. The predicted octanol–water partition coefficient (Wildman–Crippen LogP) is 6.40. The number of carbonyl (C=O) groups excluding carboxylic acids is 2. The van der Waals surface area contributed by atoms with Crippen molar-refractivity contribution in [1.82, 2.24) is 10.2 Å². The quantitative estimate of drug-likeness (QED) is 0.324. The lowest BCUT2D eigenvalue weighted by Gasteiger charge is -2.32. The van der Waals surface area contributed by atoms with Crippen LogP contribution in [0.5, 0.6) is 0 Å². The fraction of sp³-hybridized carbons (Fsp3) is 0.310. The number of aryl methyl sites for hydroxylation is 2. The van der Waals surface area contributed by atoms with Crippen LogP contribution in [-0.4, -0.2) is 29.3 Å². The van der Waals surface area contributed by atoms with Gasteiger partial charge in [-0.1, -0.05) is 96.4 Å². The van der Waals surface area contributed by atoms with E-state index in [0.29, 0.717) is 35.9 Å². The van der Waals surface area contributed by atoms with Crippen LogP contribution in [0.1, 0.15) is 42.0 Å². The first-order valence-electron chi connectivity index (χ1n) is 12.0. The van der Waals surface area contributed by atoms with Gasteiger partial charge in [-0.2, -0.15) is 0 Å². The lowest BCUT2D eigenvalue weighted by atomic mass is 10.0. The molecular weight excluding hydrogens is 479 g/mol. The van der Waals surface area contributed by atoms with Crippen molar-refractivity contribution in [2.24, 2.45) is 0 Å².